The van der Waals surface area contributed by atoms with Crippen molar-refractivity contribution in [3.05, 3.63) is 46.3 Å². The molecular weight excluding hydrogens is 327 g/mol. The second-order valence-electron chi connectivity index (χ2n) is 5.52. The normalized spacial score (nSPS) is 13.6. The number of hydrazone groups is 1. The highest BCUT2D eigenvalue weighted by atomic mass is 32.1. The molecule has 1 N–H and O–H groups in total. The van der Waals surface area contributed by atoms with E-state index in [-0.39, 0.29) is 5.75 Å². The Balaban J connectivity index is 1.60. The van der Waals surface area contributed by atoms with Gasteiger partial charge in [-0.25, -0.2) is 14.4 Å². The summed E-state index contributed by atoms with van der Waals surface area (Å²) >= 11 is 1.73. The quantitative estimate of drug-likeness (QED) is 0.579. The maximum atomic E-state index is 13.7. The molecule has 0 radical (unpaired) electrons. The van der Waals surface area contributed by atoms with Crippen LogP contribution in [-0.4, -0.2) is 23.3 Å². The number of nitrogens with zero attached hydrogens (tertiary/aromatic N) is 3. The van der Waals surface area contributed by atoms with Gasteiger partial charge in [0.15, 0.2) is 17.4 Å². The molecular formula is C17H15FN4OS. The van der Waals surface area contributed by atoms with Gasteiger partial charge < -0.3 is 4.74 Å². The molecule has 0 saturated carbocycles. The Kier molecular flexibility index (Phi) is 3.86. The van der Waals surface area contributed by atoms with Gasteiger partial charge in [0.1, 0.15) is 11.2 Å². The summed E-state index contributed by atoms with van der Waals surface area (Å²) in [5.41, 5.74) is 4.95. The van der Waals surface area contributed by atoms with E-state index >= 15 is 0 Å². The third kappa shape index (κ3) is 2.60. The Hall–Kier alpha value is -2.54. The van der Waals surface area contributed by atoms with Crippen molar-refractivity contribution in [2.45, 2.75) is 19.3 Å². The van der Waals surface area contributed by atoms with Crippen LogP contribution >= 0.6 is 11.3 Å². The molecule has 122 valence electrons. The molecule has 0 atom stereocenters. The summed E-state index contributed by atoms with van der Waals surface area (Å²) in [6.45, 7) is 0. The molecule has 1 aliphatic carbocycles. The molecule has 0 saturated heterocycles. The van der Waals surface area contributed by atoms with Crippen LogP contribution in [0.25, 0.3) is 10.2 Å². The molecule has 2 heterocycles. The number of aryl methyl sites for hydroxylation is 2. The van der Waals surface area contributed by atoms with E-state index < -0.39 is 5.82 Å². The molecule has 3 aromatic rings. The summed E-state index contributed by atoms with van der Waals surface area (Å²) in [6.07, 6.45) is 6.46. The number of hydrogen-bond acceptors (Lipinski definition) is 6. The van der Waals surface area contributed by atoms with Crippen molar-refractivity contribution in [2.75, 3.05) is 12.5 Å². The van der Waals surface area contributed by atoms with E-state index in [2.05, 4.69) is 20.5 Å². The predicted octanol–water partition coefficient (Wildman–Crippen LogP) is 3.77. The van der Waals surface area contributed by atoms with Crippen LogP contribution in [0.3, 0.4) is 0 Å². The van der Waals surface area contributed by atoms with Crippen molar-refractivity contribution >= 4 is 33.6 Å². The van der Waals surface area contributed by atoms with Gasteiger partial charge in [0, 0.05) is 4.88 Å². The van der Waals surface area contributed by atoms with Gasteiger partial charge in [-0.1, -0.05) is 0 Å². The second kappa shape index (κ2) is 6.16. The van der Waals surface area contributed by atoms with Crippen LogP contribution in [0.15, 0.2) is 29.6 Å². The van der Waals surface area contributed by atoms with E-state index in [1.54, 1.807) is 36.0 Å². The highest BCUT2D eigenvalue weighted by molar-refractivity contribution is 7.19. The predicted molar refractivity (Wildman–Crippen MR) is 93.6 cm³/mol. The van der Waals surface area contributed by atoms with Crippen LogP contribution in [0, 0.1) is 5.82 Å². The summed E-state index contributed by atoms with van der Waals surface area (Å²) < 4.78 is 18.6. The van der Waals surface area contributed by atoms with Crippen LogP contribution in [0.2, 0.25) is 0 Å². The zero-order valence-corrected chi connectivity index (χ0v) is 13.9. The standard InChI is InChI=1S/C17H15FN4OS/c1-23-13-6-5-10(7-12(13)18)8-21-22-16-15-11-3-2-4-14(11)24-17(15)20-9-19-16/h5-9H,2-4H2,1H3,(H,19,20,22)/b21-8-. The number of fused-ring (bicyclic) bond motifs is 3. The van der Waals surface area contributed by atoms with Gasteiger partial charge in [-0.2, -0.15) is 5.10 Å². The lowest BCUT2D eigenvalue weighted by molar-refractivity contribution is 0.386. The molecule has 5 nitrogen and oxygen atoms in total. The molecule has 0 amide bonds. The Morgan fingerprint density at radius 3 is 3.08 bits per heavy atom. The summed E-state index contributed by atoms with van der Waals surface area (Å²) in [7, 11) is 1.44. The summed E-state index contributed by atoms with van der Waals surface area (Å²) in [5.74, 6) is 0.498. The molecule has 1 aromatic carbocycles. The van der Waals surface area contributed by atoms with Crippen molar-refractivity contribution in [3.63, 3.8) is 0 Å². The highest BCUT2D eigenvalue weighted by Crippen LogP contribution is 2.38. The number of benzene rings is 1. The van der Waals surface area contributed by atoms with E-state index in [0.29, 0.717) is 11.4 Å². The topological polar surface area (TPSA) is 59.4 Å². The van der Waals surface area contributed by atoms with E-state index in [9.17, 15) is 4.39 Å². The van der Waals surface area contributed by atoms with Crippen LogP contribution in [0.4, 0.5) is 10.2 Å². The van der Waals surface area contributed by atoms with Gasteiger partial charge in [-0.05, 0) is 48.6 Å². The number of ether oxygens (including phenoxy) is 1. The number of rotatable bonds is 4. The summed E-state index contributed by atoms with van der Waals surface area (Å²) in [6, 6.07) is 4.69. The molecule has 2 aromatic heterocycles. The van der Waals surface area contributed by atoms with E-state index in [4.69, 9.17) is 4.74 Å². The fourth-order valence-corrected chi connectivity index (χ4v) is 4.17. The lowest BCUT2D eigenvalue weighted by atomic mass is 10.2. The number of thiophene rings is 1. The second-order valence-corrected chi connectivity index (χ2v) is 6.61. The maximum absolute atomic E-state index is 13.7. The summed E-state index contributed by atoms with van der Waals surface area (Å²) in [5, 5.41) is 5.26. The Labute approximate surface area is 142 Å². The summed E-state index contributed by atoms with van der Waals surface area (Å²) in [4.78, 5) is 11.1. The van der Waals surface area contributed by atoms with Gasteiger partial charge in [0.05, 0.1) is 18.7 Å². The highest BCUT2D eigenvalue weighted by Gasteiger charge is 2.20. The first-order chi connectivity index (χ1) is 11.8. The van der Waals surface area contributed by atoms with E-state index in [1.165, 1.54) is 30.0 Å². The number of hydrogen-bond donors (Lipinski definition) is 1. The van der Waals surface area contributed by atoms with Crippen molar-refractivity contribution in [1.29, 1.82) is 0 Å². The van der Waals surface area contributed by atoms with E-state index in [0.717, 1.165) is 23.1 Å². The molecule has 0 unspecified atom stereocenters. The monoisotopic (exact) mass is 342 g/mol. The van der Waals surface area contributed by atoms with Gasteiger partial charge in [0.25, 0.3) is 0 Å². The van der Waals surface area contributed by atoms with Crippen molar-refractivity contribution < 1.29 is 9.13 Å². The first-order valence-corrected chi connectivity index (χ1v) is 8.46. The van der Waals surface area contributed by atoms with E-state index in [1.807, 2.05) is 0 Å². The van der Waals surface area contributed by atoms with Crippen molar-refractivity contribution in [1.82, 2.24) is 9.97 Å². The average Bonchev–Trinajstić information content (AvgIpc) is 3.16. The first kappa shape index (κ1) is 15.0. The Morgan fingerprint density at radius 2 is 2.25 bits per heavy atom. The molecule has 7 heteroatoms. The lowest BCUT2D eigenvalue weighted by Crippen LogP contribution is -1.96. The molecule has 4 rings (SSSR count). The molecule has 0 fully saturated rings. The number of methoxy groups -OCH3 is 1. The zero-order valence-electron chi connectivity index (χ0n) is 13.0. The Bertz CT molecular complexity index is 938. The minimum Gasteiger partial charge on any atom is -0.494 e. The van der Waals surface area contributed by atoms with Crippen molar-refractivity contribution in [3.8, 4) is 5.75 Å². The lowest BCUT2D eigenvalue weighted by Gasteiger charge is -2.03. The molecule has 24 heavy (non-hydrogen) atoms. The Morgan fingerprint density at radius 1 is 1.33 bits per heavy atom. The van der Waals surface area contributed by atoms with Gasteiger partial charge in [-0.3, -0.25) is 5.43 Å². The number of halogens is 1. The number of nitrogens with one attached hydrogen (secondary N) is 1. The molecule has 0 aliphatic heterocycles. The van der Waals surface area contributed by atoms with Crippen LogP contribution in [0.1, 0.15) is 22.4 Å². The zero-order chi connectivity index (χ0) is 16.5. The number of anilines is 1. The minimum atomic E-state index is -0.415. The number of aromatic nitrogens is 2. The van der Waals surface area contributed by atoms with Crippen LogP contribution in [0.5, 0.6) is 5.75 Å². The van der Waals surface area contributed by atoms with Crippen LogP contribution < -0.4 is 10.2 Å². The smallest absolute Gasteiger partial charge is 0.165 e. The fourth-order valence-electron chi connectivity index (χ4n) is 2.94. The molecule has 0 bridgehead atoms. The maximum Gasteiger partial charge on any atom is 0.165 e. The first-order valence-electron chi connectivity index (χ1n) is 7.64. The van der Waals surface area contributed by atoms with Gasteiger partial charge >= 0.3 is 0 Å². The SMILES string of the molecule is COc1ccc(/C=N\Nc2ncnc3sc4c(c23)CCC4)cc1F. The van der Waals surface area contributed by atoms with Crippen LogP contribution in [-0.2, 0) is 12.8 Å². The molecule has 1 aliphatic rings. The largest absolute Gasteiger partial charge is 0.494 e. The van der Waals surface area contributed by atoms with Gasteiger partial charge in [-0.15, -0.1) is 11.3 Å². The fraction of sp³-hybridized carbons (Fsp3) is 0.235. The average molecular weight is 342 g/mol. The van der Waals surface area contributed by atoms with Crippen molar-refractivity contribution in [2.24, 2.45) is 5.10 Å². The minimum absolute atomic E-state index is 0.214. The molecule has 0 spiro atoms. The third-order valence-corrected chi connectivity index (χ3v) is 5.26. The third-order valence-electron chi connectivity index (χ3n) is 4.06. The van der Waals surface area contributed by atoms with Gasteiger partial charge in [0.2, 0.25) is 0 Å².